The number of rotatable bonds is 6. The van der Waals surface area contributed by atoms with Gasteiger partial charge in [0.2, 0.25) is 0 Å². The van der Waals surface area contributed by atoms with Gasteiger partial charge in [-0.2, -0.15) is 0 Å². The Balaban J connectivity index is 1.81. The smallest absolute Gasteiger partial charge is 0.305 e. The molecule has 0 unspecified atom stereocenters. The summed E-state index contributed by atoms with van der Waals surface area (Å²) in [7, 11) is 0. The van der Waals surface area contributed by atoms with Crippen molar-refractivity contribution in [3.8, 4) is 17.6 Å². The summed E-state index contributed by atoms with van der Waals surface area (Å²) in [5.74, 6) is 6.88. The van der Waals surface area contributed by atoms with Crippen LogP contribution in [0.1, 0.15) is 36.5 Å². The first kappa shape index (κ1) is 17.6. The molecule has 0 amide bonds. The van der Waals surface area contributed by atoms with E-state index in [0.29, 0.717) is 26.1 Å². The number of carbonyl (C=O) groups excluding carboxylic acids is 1. The van der Waals surface area contributed by atoms with E-state index in [1.165, 1.54) is 5.56 Å². The molecule has 0 aliphatic rings. The van der Waals surface area contributed by atoms with Crippen molar-refractivity contribution in [3.63, 3.8) is 0 Å². The van der Waals surface area contributed by atoms with E-state index in [4.69, 9.17) is 9.47 Å². The molecule has 0 aliphatic heterocycles. The minimum Gasteiger partial charge on any atom is -0.494 e. The second-order valence-corrected chi connectivity index (χ2v) is 5.40. The third kappa shape index (κ3) is 6.18. The summed E-state index contributed by atoms with van der Waals surface area (Å²) in [6.45, 7) is 4.78. The van der Waals surface area contributed by atoms with Gasteiger partial charge in [-0.1, -0.05) is 29.5 Å². The number of ether oxygens (including phenoxy) is 2. The van der Waals surface area contributed by atoms with Crippen LogP contribution >= 0.6 is 0 Å². The molecule has 0 aliphatic carbocycles. The van der Waals surface area contributed by atoms with Crippen molar-refractivity contribution in [1.82, 2.24) is 0 Å². The molecular weight excluding hydrogens is 300 g/mol. The number of esters is 1. The van der Waals surface area contributed by atoms with Crippen LogP contribution in [0.5, 0.6) is 5.75 Å². The average molecular weight is 322 g/mol. The van der Waals surface area contributed by atoms with Gasteiger partial charge in [0.25, 0.3) is 0 Å². The van der Waals surface area contributed by atoms with Crippen molar-refractivity contribution in [2.45, 2.75) is 26.7 Å². The Kier molecular flexibility index (Phi) is 6.91. The first-order chi connectivity index (χ1) is 11.7. The predicted molar refractivity (Wildman–Crippen MR) is 95.0 cm³/mol. The molecule has 0 N–H and O–H groups in total. The van der Waals surface area contributed by atoms with Gasteiger partial charge in [-0.25, -0.2) is 0 Å². The first-order valence-electron chi connectivity index (χ1n) is 8.14. The average Bonchev–Trinajstić information content (AvgIpc) is 2.59. The highest BCUT2D eigenvalue weighted by molar-refractivity contribution is 5.69. The van der Waals surface area contributed by atoms with Gasteiger partial charge in [0.05, 0.1) is 13.2 Å². The third-order valence-electron chi connectivity index (χ3n) is 3.36. The quantitative estimate of drug-likeness (QED) is 0.456. The maximum Gasteiger partial charge on any atom is 0.305 e. The molecule has 0 fully saturated rings. The summed E-state index contributed by atoms with van der Waals surface area (Å²) in [4.78, 5) is 11.2. The molecule has 0 saturated carbocycles. The normalized spacial score (nSPS) is 9.75. The van der Waals surface area contributed by atoms with E-state index in [-0.39, 0.29) is 5.97 Å². The van der Waals surface area contributed by atoms with E-state index >= 15 is 0 Å². The second kappa shape index (κ2) is 9.42. The zero-order valence-electron chi connectivity index (χ0n) is 14.2. The summed E-state index contributed by atoms with van der Waals surface area (Å²) in [5.41, 5.74) is 3.17. The van der Waals surface area contributed by atoms with Gasteiger partial charge in [0.1, 0.15) is 5.75 Å². The van der Waals surface area contributed by atoms with Crippen LogP contribution in [-0.2, 0) is 9.53 Å². The lowest BCUT2D eigenvalue weighted by atomic mass is 10.1. The highest BCUT2D eigenvalue weighted by Crippen LogP contribution is 2.12. The second-order valence-electron chi connectivity index (χ2n) is 5.40. The maximum atomic E-state index is 11.2. The van der Waals surface area contributed by atoms with Crippen LogP contribution in [0.15, 0.2) is 48.5 Å². The van der Waals surface area contributed by atoms with Crippen molar-refractivity contribution in [2.24, 2.45) is 0 Å². The number of aryl methyl sites for hydroxylation is 1. The lowest BCUT2D eigenvalue weighted by molar-refractivity contribution is -0.143. The topological polar surface area (TPSA) is 35.5 Å². The molecule has 0 radical (unpaired) electrons. The predicted octanol–water partition coefficient (Wildman–Crippen LogP) is 4.12. The van der Waals surface area contributed by atoms with Crippen LogP contribution in [0.25, 0.3) is 0 Å². The van der Waals surface area contributed by atoms with Crippen molar-refractivity contribution in [1.29, 1.82) is 0 Å². The van der Waals surface area contributed by atoms with Crippen molar-refractivity contribution >= 4 is 5.97 Å². The first-order valence-corrected chi connectivity index (χ1v) is 8.14. The van der Waals surface area contributed by atoms with E-state index in [9.17, 15) is 4.79 Å². The molecule has 124 valence electrons. The zero-order chi connectivity index (χ0) is 17.2. The molecule has 0 bridgehead atoms. The molecule has 3 heteroatoms. The van der Waals surface area contributed by atoms with Gasteiger partial charge < -0.3 is 9.47 Å². The van der Waals surface area contributed by atoms with Gasteiger partial charge in [-0.3, -0.25) is 4.79 Å². The molecule has 2 aromatic rings. The SMILES string of the molecule is CCOC(=O)CCCOc1ccc(C#Cc2ccc(C)cc2)cc1. The highest BCUT2D eigenvalue weighted by Gasteiger charge is 2.01. The number of carbonyl (C=O) groups is 1. The molecule has 3 nitrogen and oxygen atoms in total. The fourth-order valence-electron chi connectivity index (χ4n) is 2.06. The van der Waals surface area contributed by atoms with E-state index in [1.54, 1.807) is 6.92 Å². The number of hydrogen-bond acceptors (Lipinski definition) is 3. The molecule has 2 aromatic carbocycles. The van der Waals surface area contributed by atoms with E-state index in [0.717, 1.165) is 16.9 Å². The molecule has 0 atom stereocenters. The van der Waals surface area contributed by atoms with Gasteiger partial charge in [-0.05, 0) is 56.7 Å². The summed E-state index contributed by atoms with van der Waals surface area (Å²) < 4.78 is 10.5. The van der Waals surface area contributed by atoms with Crippen molar-refractivity contribution in [2.75, 3.05) is 13.2 Å². The molecule has 2 rings (SSSR count). The Labute approximate surface area is 143 Å². The van der Waals surface area contributed by atoms with Gasteiger partial charge >= 0.3 is 5.97 Å². The standard InChI is InChI=1S/C21H22O3/c1-3-23-21(22)5-4-16-24-20-14-12-19(13-15-20)11-10-18-8-6-17(2)7-9-18/h6-9,12-15H,3-5,16H2,1-2H3. The molecule has 0 aromatic heterocycles. The van der Waals surface area contributed by atoms with Gasteiger partial charge in [0.15, 0.2) is 0 Å². The van der Waals surface area contributed by atoms with Gasteiger partial charge in [0, 0.05) is 17.5 Å². The lowest BCUT2D eigenvalue weighted by Gasteiger charge is -2.06. The minimum absolute atomic E-state index is 0.178. The summed E-state index contributed by atoms with van der Waals surface area (Å²) in [5, 5.41) is 0. The van der Waals surface area contributed by atoms with Crippen LogP contribution in [0.2, 0.25) is 0 Å². The molecule has 0 heterocycles. The van der Waals surface area contributed by atoms with Crippen LogP contribution in [0, 0.1) is 18.8 Å². The Morgan fingerprint density at radius 3 is 2.12 bits per heavy atom. The number of hydrogen-bond donors (Lipinski definition) is 0. The Morgan fingerprint density at radius 2 is 1.54 bits per heavy atom. The molecule has 0 spiro atoms. The Morgan fingerprint density at radius 1 is 0.958 bits per heavy atom. The summed E-state index contributed by atoms with van der Waals surface area (Å²) in [6.07, 6.45) is 1.03. The monoisotopic (exact) mass is 322 g/mol. The van der Waals surface area contributed by atoms with Crippen molar-refractivity contribution in [3.05, 3.63) is 65.2 Å². The van der Waals surface area contributed by atoms with Gasteiger partial charge in [-0.15, -0.1) is 0 Å². The fourth-order valence-corrected chi connectivity index (χ4v) is 2.06. The van der Waals surface area contributed by atoms with E-state index in [1.807, 2.05) is 36.4 Å². The van der Waals surface area contributed by atoms with E-state index in [2.05, 4.69) is 30.9 Å². The lowest BCUT2D eigenvalue weighted by Crippen LogP contribution is -2.06. The Bertz CT molecular complexity index is 703. The number of benzene rings is 2. The van der Waals surface area contributed by atoms with Crippen LogP contribution < -0.4 is 4.74 Å². The van der Waals surface area contributed by atoms with Crippen LogP contribution in [0.4, 0.5) is 0 Å². The van der Waals surface area contributed by atoms with E-state index < -0.39 is 0 Å². The van der Waals surface area contributed by atoms with Crippen LogP contribution in [0.3, 0.4) is 0 Å². The fraction of sp³-hybridized carbons (Fsp3) is 0.286. The highest BCUT2D eigenvalue weighted by atomic mass is 16.5. The molecule has 24 heavy (non-hydrogen) atoms. The minimum atomic E-state index is -0.178. The zero-order valence-corrected chi connectivity index (χ0v) is 14.2. The Hall–Kier alpha value is -2.73. The summed E-state index contributed by atoms with van der Waals surface area (Å²) in [6, 6.07) is 15.8. The largest absolute Gasteiger partial charge is 0.494 e. The summed E-state index contributed by atoms with van der Waals surface area (Å²) >= 11 is 0. The molecular formula is C21H22O3. The third-order valence-corrected chi connectivity index (χ3v) is 3.36. The van der Waals surface area contributed by atoms with Crippen LogP contribution in [-0.4, -0.2) is 19.2 Å². The van der Waals surface area contributed by atoms with Crippen molar-refractivity contribution < 1.29 is 14.3 Å². The molecule has 0 saturated heterocycles. The maximum absolute atomic E-state index is 11.2.